The van der Waals surface area contributed by atoms with Gasteiger partial charge in [0.25, 0.3) is 5.91 Å². The van der Waals surface area contributed by atoms with Crippen LogP contribution in [0.2, 0.25) is 0 Å². The highest BCUT2D eigenvalue weighted by atomic mass is 35.5. The highest BCUT2D eigenvalue weighted by molar-refractivity contribution is 6.04. The molecule has 0 spiro atoms. The van der Waals surface area contributed by atoms with Gasteiger partial charge in [-0.2, -0.15) is 0 Å². The Labute approximate surface area is 114 Å². The third-order valence-electron chi connectivity index (χ3n) is 2.33. The van der Waals surface area contributed by atoms with Gasteiger partial charge in [-0.3, -0.25) is 4.79 Å². The number of amides is 1. The summed E-state index contributed by atoms with van der Waals surface area (Å²) in [7, 11) is 0. The number of nitrogen functional groups attached to an aromatic ring is 1. The van der Waals surface area contributed by atoms with E-state index in [1.54, 1.807) is 18.2 Å². The lowest BCUT2D eigenvalue weighted by Gasteiger charge is -2.06. The molecule has 0 aliphatic heterocycles. The van der Waals surface area contributed by atoms with Crippen LogP contribution in [0.3, 0.4) is 0 Å². The Balaban J connectivity index is 0.00000180. The van der Waals surface area contributed by atoms with Gasteiger partial charge in [0.1, 0.15) is 0 Å². The first-order valence-electron chi connectivity index (χ1n) is 5.18. The number of hydrogen-bond donors (Lipinski definition) is 2. The molecule has 2 aromatic rings. The molecule has 100 valence electrons. The van der Waals surface area contributed by atoms with E-state index in [1.165, 1.54) is 12.1 Å². The second-order valence-electron chi connectivity index (χ2n) is 3.71. The number of rotatable bonds is 2. The van der Waals surface area contributed by atoms with E-state index in [0.29, 0.717) is 11.3 Å². The van der Waals surface area contributed by atoms with E-state index < -0.39 is 17.5 Å². The SMILES string of the molecule is Cl.Nc1cccc(C(=O)Nc2ccc(F)c(F)c2)c1. The molecular formula is C13H11ClF2N2O. The van der Waals surface area contributed by atoms with Crippen molar-refractivity contribution < 1.29 is 13.6 Å². The van der Waals surface area contributed by atoms with Gasteiger partial charge in [-0.15, -0.1) is 12.4 Å². The second-order valence-corrected chi connectivity index (χ2v) is 3.71. The Morgan fingerprint density at radius 1 is 1.05 bits per heavy atom. The van der Waals surface area contributed by atoms with Crippen LogP contribution in [0.15, 0.2) is 42.5 Å². The second kappa shape index (κ2) is 6.15. The number of anilines is 2. The highest BCUT2D eigenvalue weighted by Crippen LogP contribution is 2.15. The molecule has 0 aromatic heterocycles. The maximum Gasteiger partial charge on any atom is 0.255 e. The van der Waals surface area contributed by atoms with Gasteiger partial charge in [-0.05, 0) is 30.3 Å². The molecule has 3 nitrogen and oxygen atoms in total. The van der Waals surface area contributed by atoms with Crippen LogP contribution in [0.4, 0.5) is 20.2 Å². The Kier molecular flexibility index (Phi) is 4.83. The summed E-state index contributed by atoms with van der Waals surface area (Å²) in [5.41, 5.74) is 6.52. The van der Waals surface area contributed by atoms with Crippen LogP contribution in [0.25, 0.3) is 0 Å². The van der Waals surface area contributed by atoms with E-state index in [4.69, 9.17) is 5.73 Å². The van der Waals surface area contributed by atoms with Crippen LogP contribution >= 0.6 is 12.4 Å². The first kappa shape index (κ1) is 14.9. The largest absolute Gasteiger partial charge is 0.399 e. The smallest absolute Gasteiger partial charge is 0.255 e. The number of carbonyl (C=O) groups is 1. The standard InChI is InChI=1S/C13H10F2N2O.ClH/c14-11-5-4-10(7-12(11)15)17-13(18)8-2-1-3-9(16)6-8;/h1-7H,16H2,(H,17,18);1H. The van der Waals surface area contributed by atoms with Crippen molar-refractivity contribution >= 4 is 29.7 Å². The summed E-state index contributed by atoms with van der Waals surface area (Å²) in [4.78, 5) is 11.8. The quantitative estimate of drug-likeness (QED) is 0.832. The predicted octanol–water partition coefficient (Wildman–Crippen LogP) is 3.22. The van der Waals surface area contributed by atoms with Gasteiger partial charge in [0, 0.05) is 23.0 Å². The third kappa shape index (κ3) is 3.66. The molecule has 0 aliphatic carbocycles. The molecule has 0 fully saturated rings. The summed E-state index contributed by atoms with van der Waals surface area (Å²) in [5, 5.41) is 2.45. The number of halogens is 3. The van der Waals surface area contributed by atoms with Gasteiger partial charge >= 0.3 is 0 Å². The van der Waals surface area contributed by atoms with Crippen molar-refractivity contribution in [2.45, 2.75) is 0 Å². The molecule has 0 saturated heterocycles. The van der Waals surface area contributed by atoms with Gasteiger partial charge in [0.2, 0.25) is 0 Å². The van der Waals surface area contributed by atoms with Gasteiger partial charge < -0.3 is 11.1 Å². The zero-order valence-electron chi connectivity index (χ0n) is 9.69. The van der Waals surface area contributed by atoms with Crippen LogP contribution in [-0.4, -0.2) is 5.91 Å². The minimum atomic E-state index is -1.01. The highest BCUT2D eigenvalue weighted by Gasteiger charge is 2.08. The maximum absolute atomic E-state index is 12.9. The molecule has 6 heteroatoms. The van der Waals surface area contributed by atoms with Crippen molar-refractivity contribution in [3.63, 3.8) is 0 Å². The molecule has 0 saturated carbocycles. The van der Waals surface area contributed by atoms with Crippen molar-refractivity contribution in [1.82, 2.24) is 0 Å². The summed E-state index contributed by atoms with van der Waals surface area (Å²) in [6, 6.07) is 9.50. The molecular weight excluding hydrogens is 274 g/mol. The molecule has 0 atom stereocenters. The Bertz CT molecular complexity index is 605. The molecule has 1 amide bonds. The average molecular weight is 285 g/mol. The monoisotopic (exact) mass is 284 g/mol. The van der Waals surface area contributed by atoms with Crippen LogP contribution in [0, 0.1) is 11.6 Å². The number of nitrogens with two attached hydrogens (primary N) is 1. The molecule has 0 heterocycles. The van der Waals surface area contributed by atoms with Crippen molar-refractivity contribution in [3.8, 4) is 0 Å². The minimum absolute atomic E-state index is 0. The Morgan fingerprint density at radius 3 is 2.42 bits per heavy atom. The third-order valence-corrected chi connectivity index (χ3v) is 2.33. The normalized spacial score (nSPS) is 9.58. The molecule has 19 heavy (non-hydrogen) atoms. The van der Waals surface area contributed by atoms with E-state index in [1.807, 2.05) is 0 Å². The summed E-state index contributed by atoms with van der Waals surface area (Å²) in [6.45, 7) is 0. The fourth-order valence-electron chi connectivity index (χ4n) is 1.46. The van der Waals surface area contributed by atoms with Crippen LogP contribution < -0.4 is 11.1 Å². The zero-order valence-corrected chi connectivity index (χ0v) is 10.5. The lowest BCUT2D eigenvalue weighted by molar-refractivity contribution is 0.102. The molecule has 2 aromatic carbocycles. The molecule has 2 rings (SSSR count). The Morgan fingerprint density at radius 2 is 1.79 bits per heavy atom. The van der Waals surface area contributed by atoms with E-state index in [-0.39, 0.29) is 18.1 Å². The van der Waals surface area contributed by atoms with Crippen LogP contribution in [0.1, 0.15) is 10.4 Å². The Hall–Kier alpha value is -2.14. The van der Waals surface area contributed by atoms with E-state index in [2.05, 4.69) is 5.32 Å². The van der Waals surface area contributed by atoms with Gasteiger partial charge in [-0.25, -0.2) is 8.78 Å². The molecule has 0 aliphatic rings. The van der Waals surface area contributed by atoms with Gasteiger partial charge in [0.15, 0.2) is 11.6 Å². The number of carbonyl (C=O) groups excluding carboxylic acids is 1. The lowest BCUT2D eigenvalue weighted by Crippen LogP contribution is -2.12. The van der Waals surface area contributed by atoms with Crippen molar-refractivity contribution in [3.05, 3.63) is 59.7 Å². The predicted molar refractivity (Wildman–Crippen MR) is 72.4 cm³/mol. The molecule has 0 bridgehead atoms. The lowest BCUT2D eigenvalue weighted by atomic mass is 10.2. The van der Waals surface area contributed by atoms with Crippen LogP contribution in [0.5, 0.6) is 0 Å². The van der Waals surface area contributed by atoms with Crippen molar-refractivity contribution in [1.29, 1.82) is 0 Å². The fraction of sp³-hybridized carbons (Fsp3) is 0. The fourth-order valence-corrected chi connectivity index (χ4v) is 1.46. The van der Waals surface area contributed by atoms with Crippen molar-refractivity contribution in [2.24, 2.45) is 0 Å². The molecule has 3 N–H and O–H groups in total. The summed E-state index contributed by atoms with van der Waals surface area (Å²) < 4.78 is 25.7. The van der Waals surface area contributed by atoms with Gasteiger partial charge in [0.05, 0.1) is 0 Å². The summed E-state index contributed by atoms with van der Waals surface area (Å²) in [6.07, 6.45) is 0. The summed E-state index contributed by atoms with van der Waals surface area (Å²) in [5.74, 6) is -2.41. The van der Waals surface area contributed by atoms with E-state index in [9.17, 15) is 13.6 Å². The average Bonchev–Trinajstić information content (AvgIpc) is 2.34. The van der Waals surface area contributed by atoms with E-state index in [0.717, 1.165) is 12.1 Å². The van der Waals surface area contributed by atoms with Crippen LogP contribution in [-0.2, 0) is 0 Å². The first-order valence-corrected chi connectivity index (χ1v) is 5.18. The van der Waals surface area contributed by atoms with Gasteiger partial charge in [-0.1, -0.05) is 6.07 Å². The minimum Gasteiger partial charge on any atom is -0.399 e. The number of nitrogens with one attached hydrogen (secondary N) is 1. The number of hydrogen-bond acceptors (Lipinski definition) is 2. The summed E-state index contributed by atoms with van der Waals surface area (Å²) >= 11 is 0. The maximum atomic E-state index is 12.9. The number of benzene rings is 2. The molecule has 0 radical (unpaired) electrons. The zero-order chi connectivity index (χ0) is 13.1. The van der Waals surface area contributed by atoms with Crippen molar-refractivity contribution in [2.75, 3.05) is 11.1 Å². The molecule has 0 unspecified atom stereocenters. The van der Waals surface area contributed by atoms with E-state index >= 15 is 0 Å². The topological polar surface area (TPSA) is 55.1 Å². The first-order chi connectivity index (χ1) is 8.56.